The zero-order valence-electron chi connectivity index (χ0n) is 11.8. The molecule has 0 radical (unpaired) electrons. The van der Waals surface area contributed by atoms with Crippen LogP contribution in [0.5, 0.6) is 0 Å². The molecule has 0 N–H and O–H groups in total. The van der Waals surface area contributed by atoms with Crippen molar-refractivity contribution in [2.45, 2.75) is 51.8 Å². The van der Waals surface area contributed by atoms with Crippen LogP contribution in [0, 0.1) is 5.92 Å². The van der Waals surface area contributed by atoms with Gasteiger partial charge in [-0.2, -0.15) is 0 Å². The van der Waals surface area contributed by atoms with Gasteiger partial charge in [-0.25, -0.2) is 4.79 Å². The van der Waals surface area contributed by atoms with Crippen molar-refractivity contribution in [2.24, 2.45) is 5.92 Å². The smallest absolute Gasteiger partial charge is 0.339 e. The predicted octanol–water partition coefficient (Wildman–Crippen LogP) is 2.46. The maximum Gasteiger partial charge on any atom is 0.339 e. The van der Waals surface area contributed by atoms with Gasteiger partial charge in [-0.1, -0.05) is 6.08 Å². The minimum atomic E-state index is -1.80. The van der Waals surface area contributed by atoms with E-state index in [2.05, 4.69) is 19.6 Å². The molecule has 1 saturated heterocycles. The highest BCUT2D eigenvalue weighted by molar-refractivity contribution is 6.69. The number of hydrogen-bond acceptors (Lipinski definition) is 4. The van der Waals surface area contributed by atoms with E-state index in [-0.39, 0.29) is 18.0 Å². The molecule has 0 aromatic heterocycles. The summed E-state index contributed by atoms with van der Waals surface area (Å²) >= 11 is 0. The van der Waals surface area contributed by atoms with Crippen LogP contribution in [0.2, 0.25) is 19.6 Å². The van der Waals surface area contributed by atoms with Crippen LogP contribution in [0.1, 0.15) is 20.3 Å². The molecule has 3 atom stereocenters. The summed E-state index contributed by atoms with van der Waals surface area (Å²) in [6.07, 6.45) is 2.98. The third-order valence-corrected chi connectivity index (χ3v) is 4.06. The van der Waals surface area contributed by atoms with Crippen molar-refractivity contribution in [1.29, 1.82) is 0 Å². The summed E-state index contributed by atoms with van der Waals surface area (Å²) in [5.74, 6) is -0.935. The van der Waals surface area contributed by atoms with Crippen LogP contribution < -0.4 is 0 Å². The molecule has 18 heavy (non-hydrogen) atoms. The Morgan fingerprint density at radius 2 is 2.22 bits per heavy atom. The molecule has 1 aliphatic carbocycles. The Balaban J connectivity index is 2.22. The first-order valence-electron chi connectivity index (χ1n) is 6.56. The number of hydrogen-bond donors (Lipinski definition) is 0. The van der Waals surface area contributed by atoms with Gasteiger partial charge in [-0.05, 0) is 39.9 Å². The molecule has 0 spiro atoms. The zero-order chi connectivity index (χ0) is 13.6. The van der Waals surface area contributed by atoms with Crippen LogP contribution in [0.25, 0.3) is 0 Å². The molecule has 1 heterocycles. The van der Waals surface area contributed by atoms with Gasteiger partial charge >= 0.3 is 5.97 Å². The summed E-state index contributed by atoms with van der Waals surface area (Å²) in [7, 11) is -1.80. The van der Waals surface area contributed by atoms with E-state index in [1.807, 2.05) is 13.0 Å². The monoisotopic (exact) mass is 270 g/mol. The van der Waals surface area contributed by atoms with E-state index in [1.54, 1.807) is 6.92 Å². The Labute approximate surface area is 109 Å². The molecule has 0 amide bonds. The zero-order valence-corrected chi connectivity index (χ0v) is 12.8. The van der Waals surface area contributed by atoms with Gasteiger partial charge in [0.1, 0.15) is 0 Å². The molecular weight excluding hydrogens is 248 g/mol. The molecule has 0 unspecified atom stereocenters. The van der Waals surface area contributed by atoms with Gasteiger partial charge in [0.2, 0.25) is 0 Å². The van der Waals surface area contributed by atoms with E-state index in [1.165, 1.54) is 0 Å². The highest BCUT2D eigenvalue weighted by atomic mass is 28.4. The van der Waals surface area contributed by atoms with Crippen molar-refractivity contribution >= 4 is 14.3 Å². The number of rotatable bonds is 4. The highest BCUT2D eigenvalue weighted by Crippen LogP contribution is 2.52. The molecule has 5 heteroatoms. The molecule has 4 nitrogen and oxygen atoms in total. The summed E-state index contributed by atoms with van der Waals surface area (Å²) in [5.41, 5.74) is 0.557. The molecule has 0 aromatic carbocycles. The molecule has 0 bridgehead atoms. The average molecular weight is 270 g/mol. The van der Waals surface area contributed by atoms with Gasteiger partial charge in [-0.3, -0.25) is 0 Å². The van der Waals surface area contributed by atoms with Crippen LogP contribution in [0.15, 0.2) is 11.6 Å². The summed E-state index contributed by atoms with van der Waals surface area (Å²) < 4.78 is 17.2. The number of fused-ring (bicyclic) bond motifs is 1. The minimum absolute atomic E-state index is 0.120. The third kappa shape index (κ3) is 2.26. The lowest BCUT2D eigenvalue weighted by Crippen LogP contribution is -2.54. The Morgan fingerprint density at radius 3 is 2.72 bits per heavy atom. The molecule has 2 rings (SSSR count). The third-order valence-electron chi connectivity index (χ3n) is 3.15. The lowest BCUT2D eigenvalue weighted by molar-refractivity contribution is -0.184. The van der Waals surface area contributed by atoms with Crippen LogP contribution in [0.4, 0.5) is 0 Å². The van der Waals surface area contributed by atoms with E-state index < -0.39 is 14.1 Å². The van der Waals surface area contributed by atoms with E-state index in [0.717, 1.165) is 6.42 Å². The van der Waals surface area contributed by atoms with Crippen LogP contribution in [-0.4, -0.2) is 32.8 Å². The topological polar surface area (TPSA) is 44.8 Å². The Kier molecular flexibility index (Phi) is 3.42. The largest absolute Gasteiger partial charge is 0.462 e. The first kappa shape index (κ1) is 13.8. The predicted molar refractivity (Wildman–Crippen MR) is 70.5 cm³/mol. The second-order valence-electron chi connectivity index (χ2n) is 5.95. The first-order chi connectivity index (χ1) is 8.28. The first-order valence-corrected chi connectivity index (χ1v) is 9.96. The molecule has 1 fully saturated rings. The fraction of sp³-hybridized carbons (Fsp3) is 0.769. The number of esters is 1. The van der Waals surface area contributed by atoms with Crippen LogP contribution in [0.3, 0.4) is 0 Å². The Hall–Kier alpha value is -0.653. The molecule has 1 aliphatic heterocycles. The number of ether oxygens (including phenoxy) is 2. The summed E-state index contributed by atoms with van der Waals surface area (Å²) in [6.45, 7) is 10.5. The standard InChI is InChI=1S/C13H22O4Si/c1-6-15-12(14)11-8-10-7-9(2)16-13(10,11)17-18(3,4)5/h8-10H,6-7H2,1-5H3/t9-,10+,13-/m1/s1. The van der Waals surface area contributed by atoms with Crippen molar-refractivity contribution < 1.29 is 18.7 Å². The molecule has 0 aromatic rings. The fourth-order valence-corrected chi connectivity index (χ4v) is 3.86. The van der Waals surface area contributed by atoms with E-state index >= 15 is 0 Å². The van der Waals surface area contributed by atoms with Crippen LogP contribution in [-0.2, 0) is 18.7 Å². The molecular formula is C13H22O4Si. The van der Waals surface area contributed by atoms with E-state index in [4.69, 9.17) is 13.9 Å². The Morgan fingerprint density at radius 1 is 1.56 bits per heavy atom. The van der Waals surface area contributed by atoms with E-state index in [9.17, 15) is 4.79 Å². The van der Waals surface area contributed by atoms with Gasteiger partial charge in [0.25, 0.3) is 0 Å². The average Bonchev–Trinajstić information content (AvgIpc) is 2.41. The van der Waals surface area contributed by atoms with Gasteiger partial charge in [0.15, 0.2) is 14.1 Å². The molecule has 0 saturated carbocycles. The molecule has 102 valence electrons. The molecule has 2 aliphatic rings. The van der Waals surface area contributed by atoms with Crippen molar-refractivity contribution in [3.63, 3.8) is 0 Å². The van der Waals surface area contributed by atoms with Crippen molar-refractivity contribution in [2.75, 3.05) is 6.61 Å². The number of carbonyl (C=O) groups is 1. The highest BCUT2D eigenvalue weighted by Gasteiger charge is 2.60. The van der Waals surface area contributed by atoms with E-state index in [0.29, 0.717) is 12.2 Å². The Bertz CT molecular complexity index is 385. The van der Waals surface area contributed by atoms with Gasteiger partial charge in [0, 0.05) is 5.92 Å². The maximum absolute atomic E-state index is 11.9. The number of carbonyl (C=O) groups excluding carboxylic acids is 1. The second-order valence-corrected chi connectivity index (χ2v) is 10.4. The van der Waals surface area contributed by atoms with Crippen molar-refractivity contribution in [1.82, 2.24) is 0 Å². The summed E-state index contributed by atoms with van der Waals surface area (Å²) in [6, 6.07) is 0. The summed E-state index contributed by atoms with van der Waals surface area (Å²) in [5, 5.41) is 0. The fourth-order valence-electron chi connectivity index (χ4n) is 2.64. The van der Waals surface area contributed by atoms with Crippen molar-refractivity contribution in [3.8, 4) is 0 Å². The minimum Gasteiger partial charge on any atom is -0.462 e. The normalized spacial score (nSPS) is 34.6. The SMILES string of the molecule is CCOC(=O)C1=C[C@@H]2C[C@@H](C)O[C@]12O[Si](C)(C)C. The maximum atomic E-state index is 11.9. The second kappa shape index (κ2) is 4.47. The lowest BCUT2D eigenvalue weighted by Gasteiger charge is -2.45. The lowest BCUT2D eigenvalue weighted by atomic mass is 9.78. The van der Waals surface area contributed by atoms with Gasteiger partial charge < -0.3 is 13.9 Å². The quantitative estimate of drug-likeness (QED) is 0.581. The van der Waals surface area contributed by atoms with Crippen molar-refractivity contribution in [3.05, 3.63) is 11.6 Å². The van der Waals surface area contributed by atoms with Crippen LogP contribution >= 0.6 is 0 Å². The summed E-state index contributed by atoms with van der Waals surface area (Å²) in [4.78, 5) is 11.9. The van der Waals surface area contributed by atoms with Gasteiger partial charge in [0.05, 0.1) is 18.3 Å². The van der Waals surface area contributed by atoms with Gasteiger partial charge in [-0.15, -0.1) is 0 Å².